The van der Waals surface area contributed by atoms with Crippen molar-refractivity contribution >= 4 is 5.91 Å². The van der Waals surface area contributed by atoms with Gasteiger partial charge in [0.05, 0.1) is 5.69 Å². The summed E-state index contributed by atoms with van der Waals surface area (Å²) in [7, 11) is 0. The van der Waals surface area contributed by atoms with E-state index in [9.17, 15) is 9.18 Å². The van der Waals surface area contributed by atoms with Gasteiger partial charge in [-0.2, -0.15) is 0 Å². The van der Waals surface area contributed by atoms with E-state index < -0.39 is 0 Å². The molecule has 6 nitrogen and oxygen atoms in total. The molecule has 4 rings (SSSR count). The molecule has 1 aliphatic carbocycles. The second kappa shape index (κ2) is 6.57. The lowest BCUT2D eigenvalue weighted by atomic mass is 9.97. The molecule has 1 amide bonds. The van der Waals surface area contributed by atoms with Crippen LogP contribution in [0.1, 0.15) is 37.0 Å². The molecular formula is C20H20FN5O. The molecule has 2 aromatic carbocycles. The van der Waals surface area contributed by atoms with Crippen molar-refractivity contribution in [2.75, 3.05) is 0 Å². The van der Waals surface area contributed by atoms with Crippen molar-refractivity contribution in [2.45, 2.75) is 32.2 Å². The van der Waals surface area contributed by atoms with Crippen LogP contribution in [0.3, 0.4) is 0 Å². The van der Waals surface area contributed by atoms with Gasteiger partial charge in [-0.25, -0.2) is 9.07 Å². The maximum atomic E-state index is 13.3. The van der Waals surface area contributed by atoms with Gasteiger partial charge >= 0.3 is 0 Å². The Bertz CT molecular complexity index is 963. The lowest BCUT2D eigenvalue weighted by molar-refractivity contribution is 0.0903. The first kappa shape index (κ1) is 17.3. The fraction of sp³-hybridized carbons (Fsp3) is 0.300. The smallest absolute Gasteiger partial charge is 0.251 e. The molecule has 1 aromatic heterocycles. The van der Waals surface area contributed by atoms with Gasteiger partial charge in [0.2, 0.25) is 0 Å². The number of amides is 1. The van der Waals surface area contributed by atoms with Gasteiger partial charge in [-0.1, -0.05) is 12.1 Å². The number of nitrogens with zero attached hydrogens (tertiary/aromatic N) is 4. The van der Waals surface area contributed by atoms with Crippen LogP contribution >= 0.6 is 0 Å². The zero-order valence-corrected chi connectivity index (χ0v) is 15.2. The number of benzene rings is 2. The summed E-state index contributed by atoms with van der Waals surface area (Å²) in [6.07, 6.45) is 3.75. The third-order valence-corrected chi connectivity index (χ3v) is 5.00. The Kier molecular flexibility index (Phi) is 4.22. The molecule has 1 N–H and O–H groups in total. The Balaban J connectivity index is 1.73. The molecule has 0 spiro atoms. The number of hydrogen-bond donors (Lipinski definition) is 1. The molecule has 0 unspecified atom stereocenters. The highest BCUT2D eigenvalue weighted by Gasteiger charge is 2.38. The van der Waals surface area contributed by atoms with E-state index in [2.05, 4.69) is 34.7 Å². The summed E-state index contributed by atoms with van der Waals surface area (Å²) >= 11 is 0. The average Bonchev–Trinajstić information content (AvgIpc) is 3.38. The second-order valence-corrected chi connectivity index (χ2v) is 7.48. The number of halogens is 1. The van der Waals surface area contributed by atoms with E-state index in [1.54, 1.807) is 24.3 Å². The Morgan fingerprint density at radius 2 is 1.89 bits per heavy atom. The fourth-order valence-corrected chi connectivity index (χ4v) is 3.24. The van der Waals surface area contributed by atoms with Gasteiger partial charge in [0.25, 0.3) is 5.91 Å². The molecule has 0 atom stereocenters. The molecule has 0 aliphatic heterocycles. The molecule has 1 heterocycles. The molecule has 1 aliphatic rings. The molecule has 138 valence electrons. The van der Waals surface area contributed by atoms with E-state index in [-0.39, 0.29) is 17.3 Å². The summed E-state index contributed by atoms with van der Waals surface area (Å²) in [5.74, 6) is 0.0606. The van der Waals surface area contributed by atoms with Gasteiger partial charge in [-0.3, -0.25) is 4.79 Å². The second-order valence-electron chi connectivity index (χ2n) is 7.48. The molecular weight excluding hydrogens is 345 g/mol. The topological polar surface area (TPSA) is 72.7 Å². The van der Waals surface area contributed by atoms with Crippen LogP contribution in [-0.2, 0) is 0 Å². The molecule has 0 radical (unpaired) electrons. The maximum absolute atomic E-state index is 13.3. The minimum Gasteiger partial charge on any atom is -0.347 e. The number of tetrazole rings is 1. The molecule has 1 fully saturated rings. The summed E-state index contributed by atoms with van der Waals surface area (Å²) in [5.41, 5.74) is 2.52. The Hall–Kier alpha value is -3.09. The summed E-state index contributed by atoms with van der Waals surface area (Å²) in [5, 5.41) is 14.4. The van der Waals surface area contributed by atoms with Gasteiger partial charge in [-0.15, -0.1) is 5.10 Å². The lowest BCUT2D eigenvalue weighted by Gasteiger charge is -2.26. The van der Waals surface area contributed by atoms with Crippen LogP contribution in [0.5, 0.6) is 0 Å². The van der Waals surface area contributed by atoms with Crippen molar-refractivity contribution in [3.05, 3.63) is 60.2 Å². The van der Waals surface area contributed by atoms with Gasteiger partial charge < -0.3 is 5.32 Å². The highest BCUT2D eigenvalue weighted by molar-refractivity contribution is 5.96. The third-order valence-electron chi connectivity index (χ3n) is 5.00. The van der Waals surface area contributed by atoms with E-state index in [4.69, 9.17) is 0 Å². The van der Waals surface area contributed by atoms with E-state index >= 15 is 0 Å². The van der Waals surface area contributed by atoms with Crippen LogP contribution in [-0.4, -0.2) is 31.7 Å². The van der Waals surface area contributed by atoms with Crippen molar-refractivity contribution in [3.8, 4) is 16.8 Å². The summed E-state index contributed by atoms with van der Waals surface area (Å²) in [6, 6.07) is 11.6. The van der Waals surface area contributed by atoms with Gasteiger partial charge in [0.1, 0.15) is 12.1 Å². The monoisotopic (exact) mass is 365 g/mol. The molecule has 0 bridgehead atoms. The summed E-state index contributed by atoms with van der Waals surface area (Å²) < 4.78 is 14.8. The first-order chi connectivity index (χ1) is 12.9. The Morgan fingerprint density at radius 1 is 1.15 bits per heavy atom. The fourth-order valence-electron chi connectivity index (χ4n) is 3.24. The molecule has 3 aromatic rings. The van der Waals surface area contributed by atoms with Crippen molar-refractivity contribution in [1.29, 1.82) is 0 Å². The van der Waals surface area contributed by atoms with E-state index in [1.807, 2.05) is 6.07 Å². The quantitative estimate of drug-likeness (QED) is 0.752. The predicted octanol–water partition coefficient (Wildman–Crippen LogP) is 3.39. The minimum atomic E-state index is -0.306. The number of carbonyl (C=O) groups is 1. The predicted molar refractivity (Wildman–Crippen MR) is 98.8 cm³/mol. The molecule has 0 saturated heterocycles. The number of aromatic nitrogens is 4. The largest absolute Gasteiger partial charge is 0.347 e. The van der Waals surface area contributed by atoms with Crippen molar-refractivity contribution in [3.63, 3.8) is 0 Å². The number of nitrogens with one attached hydrogen (secondary N) is 1. The van der Waals surface area contributed by atoms with Gasteiger partial charge in [-0.05, 0) is 84.5 Å². The first-order valence-electron chi connectivity index (χ1n) is 8.89. The first-order valence-corrected chi connectivity index (χ1v) is 8.89. The van der Waals surface area contributed by atoms with Crippen LogP contribution in [0.2, 0.25) is 0 Å². The maximum Gasteiger partial charge on any atom is 0.251 e. The Labute approximate surface area is 156 Å². The third kappa shape index (κ3) is 3.72. The normalized spacial score (nSPS) is 14.2. The van der Waals surface area contributed by atoms with Crippen molar-refractivity contribution < 1.29 is 9.18 Å². The minimum absolute atomic E-state index is 0.148. The van der Waals surface area contributed by atoms with E-state index in [0.717, 1.165) is 24.0 Å². The zero-order valence-electron chi connectivity index (χ0n) is 15.2. The zero-order chi connectivity index (χ0) is 19.0. The van der Waals surface area contributed by atoms with Crippen LogP contribution in [0.25, 0.3) is 16.8 Å². The number of hydrogen-bond acceptors (Lipinski definition) is 4. The van der Waals surface area contributed by atoms with Crippen LogP contribution in [0.4, 0.5) is 4.39 Å². The molecule has 1 saturated carbocycles. The van der Waals surface area contributed by atoms with Crippen LogP contribution < -0.4 is 5.32 Å². The Morgan fingerprint density at radius 3 is 2.52 bits per heavy atom. The van der Waals surface area contributed by atoms with E-state index in [0.29, 0.717) is 17.2 Å². The van der Waals surface area contributed by atoms with Gasteiger partial charge in [0, 0.05) is 11.1 Å². The van der Waals surface area contributed by atoms with Crippen molar-refractivity contribution in [1.82, 2.24) is 25.5 Å². The lowest BCUT2D eigenvalue weighted by Crippen LogP contribution is -2.45. The number of carbonyl (C=O) groups excluding carboxylic acids is 1. The molecule has 7 heteroatoms. The summed E-state index contributed by atoms with van der Waals surface area (Å²) in [4.78, 5) is 12.9. The van der Waals surface area contributed by atoms with E-state index in [1.165, 1.54) is 23.1 Å². The highest BCUT2D eigenvalue weighted by atomic mass is 19.1. The van der Waals surface area contributed by atoms with Crippen molar-refractivity contribution in [2.24, 2.45) is 5.92 Å². The van der Waals surface area contributed by atoms with Crippen LogP contribution in [0.15, 0.2) is 48.8 Å². The standard InChI is InChI=1S/C20H20FN5O/c1-20(2,16-5-6-16)23-19(27)15-9-14(13-3-7-17(21)8-4-13)10-18(11-15)26-12-22-24-25-26/h3-4,7-12,16H,5-6H2,1-2H3,(H,23,27). The molecule has 27 heavy (non-hydrogen) atoms. The summed E-state index contributed by atoms with van der Waals surface area (Å²) in [6.45, 7) is 4.10. The number of rotatable bonds is 5. The van der Waals surface area contributed by atoms with Gasteiger partial charge in [0.15, 0.2) is 0 Å². The highest BCUT2D eigenvalue weighted by Crippen LogP contribution is 2.39. The SMILES string of the molecule is CC(C)(NC(=O)c1cc(-c2ccc(F)cc2)cc(-n2cnnn2)c1)C1CC1. The average molecular weight is 365 g/mol. The van der Waals surface area contributed by atoms with Crippen LogP contribution in [0, 0.1) is 11.7 Å².